The maximum Gasteiger partial charge on any atom is 0.272 e. The second-order valence-electron chi connectivity index (χ2n) is 2.92. The maximum atomic E-state index is 10.6. The van der Waals surface area contributed by atoms with E-state index in [1.54, 1.807) is 0 Å². The molecular formula is C8H5BrN4O3. The first kappa shape index (κ1) is 10.6. The van der Waals surface area contributed by atoms with Gasteiger partial charge in [-0.2, -0.15) is 0 Å². The lowest BCUT2D eigenvalue weighted by atomic mass is 10.2. The number of halogens is 1. The number of hydrogen-bond donors (Lipinski definition) is 1. The van der Waals surface area contributed by atoms with Crippen molar-refractivity contribution in [2.45, 2.75) is 0 Å². The zero-order valence-electron chi connectivity index (χ0n) is 7.74. The Kier molecular flexibility index (Phi) is 2.57. The molecule has 0 aliphatic carbocycles. The second-order valence-corrected chi connectivity index (χ2v) is 3.78. The summed E-state index contributed by atoms with van der Waals surface area (Å²) in [5.41, 5.74) is 0.111. The van der Waals surface area contributed by atoms with E-state index in [9.17, 15) is 15.2 Å². The number of phenolic OH excluding ortho intramolecular Hbond substituents is 1. The van der Waals surface area contributed by atoms with Crippen molar-refractivity contribution in [1.82, 2.24) is 14.8 Å². The molecule has 0 saturated carbocycles. The molecule has 0 spiro atoms. The fourth-order valence-corrected chi connectivity index (χ4v) is 1.64. The van der Waals surface area contributed by atoms with Crippen LogP contribution in [0.4, 0.5) is 5.69 Å². The molecule has 2 rings (SSSR count). The monoisotopic (exact) mass is 284 g/mol. The second kappa shape index (κ2) is 3.89. The van der Waals surface area contributed by atoms with Gasteiger partial charge in [0, 0.05) is 12.1 Å². The minimum Gasteiger partial charge on any atom is -0.505 e. The average Bonchev–Trinajstić information content (AvgIpc) is 2.74. The first-order valence-corrected chi connectivity index (χ1v) is 4.91. The molecule has 0 bridgehead atoms. The number of phenols is 1. The van der Waals surface area contributed by atoms with Crippen LogP contribution < -0.4 is 0 Å². The minimum absolute atomic E-state index is 0.106. The molecule has 0 aliphatic heterocycles. The lowest BCUT2D eigenvalue weighted by Crippen LogP contribution is -1.95. The molecule has 0 atom stereocenters. The normalized spacial score (nSPS) is 10.3. The topological polar surface area (TPSA) is 94.1 Å². The molecule has 16 heavy (non-hydrogen) atoms. The third-order valence-electron chi connectivity index (χ3n) is 1.94. The Balaban J connectivity index is 2.65. The molecule has 0 aliphatic rings. The van der Waals surface area contributed by atoms with E-state index in [0.29, 0.717) is 0 Å². The number of hydrogen-bond acceptors (Lipinski definition) is 5. The van der Waals surface area contributed by atoms with Gasteiger partial charge < -0.3 is 5.11 Å². The van der Waals surface area contributed by atoms with Gasteiger partial charge in [-0.15, -0.1) is 10.2 Å². The van der Waals surface area contributed by atoms with E-state index in [1.807, 2.05) is 0 Å². The zero-order valence-corrected chi connectivity index (χ0v) is 9.33. The third kappa shape index (κ3) is 1.74. The Morgan fingerprint density at radius 3 is 2.56 bits per heavy atom. The van der Waals surface area contributed by atoms with Crippen molar-refractivity contribution >= 4 is 21.6 Å². The van der Waals surface area contributed by atoms with Crippen LogP contribution in [0.3, 0.4) is 0 Å². The van der Waals surface area contributed by atoms with Crippen molar-refractivity contribution in [3.63, 3.8) is 0 Å². The van der Waals surface area contributed by atoms with Crippen LogP contribution in [0, 0.1) is 10.1 Å². The van der Waals surface area contributed by atoms with Crippen molar-refractivity contribution in [2.24, 2.45) is 0 Å². The van der Waals surface area contributed by atoms with Gasteiger partial charge in [0.1, 0.15) is 12.7 Å². The van der Waals surface area contributed by atoms with Gasteiger partial charge in [0.2, 0.25) is 0 Å². The molecule has 8 heteroatoms. The fourth-order valence-electron chi connectivity index (χ4n) is 1.20. The van der Waals surface area contributed by atoms with E-state index in [2.05, 4.69) is 26.1 Å². The highest BCUT2D eigenvalue weighted by atomic mass is 79.9. The quantitative estimate of drug-likeness (QED) is 0.668. The van der Waals surface area contributed by atoms with E-state index in [4.69, 9.17) is 0 Å². The van der Waals surface area contributed by atoms with Gasteiger partial charge >= 0.3 is 0 Å². The lowest BCUT2D eigenvalue weighted by molar-refractivity contribution is -0.384. The first-order valence-electron chi connectivity index (χ1n) is 4.11. The standard InChI is InChI=1S/C8H5BrN4O3/c9-6-1-5(13(15)16)2-7(8(6)14)12-3-10-11-4-12/h1-4,14H. The number of benzene rings is 1. The molecule has 1 N–H and O–H groups in total. The van der Waals surface area contributed by atoms with Crippen LogP contribution in [0.2, 0.25) is 0 Å². The first-order chi connectivity index (χ1) is 7.59. The van der Waals surface area contributed by atoms with Crippen LogP contribution in [-0.4, -0.2) is 24.8 Å². The highest BCUT2D eigenvalue weighted by molar-refractivity contribution is 9.10. The van der Waals surface area contributed by atoms with Crippen LogP contribution >= 0.6 is 15.9 Å². The molecule has 0 saturated heterocycles. The molecular weight excluding hydrogens is 280 g/mol. The van der Waals surface area contributed by atoms with Crippen LogP contribution in [0.1, 0.15) is 0 Å². The summed E-state index contributed by atoms with van der Waals surface area (Å²) in [5.74, 6) is -0.106. The van der Waals surface area contributed by atoms with Crippen LogP contribution in [0.15, 0.2) is 29.3 Å². The van der Waals surface area contributed by atoms with Gasteiger partial charge in [0.25, 0.3) is 5.69 Å². The molecule has 1 aromatic heterocycles. The van der Waals surface area contributed by atoms with Crippen molar-refractivity contribution < 1.29 is 10.0 Å². The number of nitrogens with zero attached hydrogens (tertiary/aromatic N) is 4. The Morgan fingerprint density at radius 1 is 1.38 bits per heavy atom. The van der Waals surface area contributed by atoms with Gasteiger partial charge in [-0.25, -0.2) is 0 Å². The highest BCUT2D eigenvalue weighted by Crippen LogP contribution is 2.34. The summed E-state index contributed by atoms with van der Waals surface area (Å²) in [6, 6.07) is 2.46. The zero-order chi connectivity index (χ0) is 11.7. The predicted molar refractivity (Wildman–Crippen MR) is 57.4 cm³/mol. The summed E-state index contributed by atoms with van der Waals surface area (Å²) in [5, 5.41) is 27.5. The van der Waals surface area contributed by atoms with Crippen LogP contribution in [0.5, 0.6) is 5.75 Å². The predicted octanol–water partition coefficient (Wildman–Crippen LogP) is 1.64. The van der Waals surface area contributed by atoms with Crippen LogP contribution in [0.25, 0.3) is 5.69 Å². The molecule has 1 heterocycles. The van der Waals surface area contributed by atoms with Gasteiger partial charge in [0.05, 0.1) is 15.1 Å². The molecule has 0 unspecified atom stereocenters. The van der Waals surface area contributed by atoms with E-state index in [0.717, 1.165) is 0 Å². The van der Waals surface area contributed by atoms with Gasteiger partial charge in [-0.3, -0.25) is 14.7 Å². The summed E-state index contributed by atoms with van der Waals surface area (Å²) >= 11 is 3.04. The SMILES string of the molecule is O=[N+]([O-])c1cc(Br)c(O)c(-n2cnnc2)c1. The van der Waals surface area contributed by atoms with E-state index < -0.39 is 4.92 Å². The molecule has 82 valence electrons. The Labute approximate surface area is 97.6 Å². The van der Waals surface area contributed by atoms with Gasteiger partial charge in [0.15, 0.2) is 5.75 Å². The third-order valence-corrected chi connectivity index (χ3v) is 2.54. The maximum absolute atomic E-state index is 10.6. The number of nitro groups is 1. The Morgan fingerprint density at radius 2 is 2.00 bits per heavy atom. The van der Waals surface area contributed by atoms with Crippen molar-refractivity contribution in [1.29, 1.82) is 0 Å². The highest BCUT2D eigenvalue weighted by Gasteiger charge is 2.15. The molecule has 1 aromatic carbocycles. The molecule has 0 amide bonds. The van der Waals surface area contributed by atoms with E-state index in [-0.39, 0.29) is 21.6 Å². The minimum atomic E-state index is -0.544. The summed E-state index contributed by atoms with van der Waals surface area (Å²) in [6.07, 6.45) is 2.68. The summed E-state index contributed by atoms with van der Waals surface area (Å²) < 4.78 is 1.62. The van der Waals surface area contributed by atoms with Gasteiger partial charge in [-0.05, 0) is 15.9 Å². The molecule has 2 aromatic rings. The van der Waals surface area contributed by atoms with Crippen molar-refractivity contribution in [3.05, 3.63) is 39.4 Å². The number of rotatable bonds is 2. The van der Waals surface area contributed by atoms with Crippen LogP contribution in [-0.2, 0) is 0 Å². The van der Waals surface area contributed by atoms with Gasteiger partial charge in [-0.1, -0.05) is 0 Å². The number of non-ortho nitro benzene ring substituents is 1. The fraction of sp³-hybridized carbons (Fsp3) is 0. The largest absolute Gasteiger partial charge is 0.505 e. The molecule has 7 nitrogen and oxygen atoms in total. The summed E-state index contributed by atoms with van der Waals surface area (Å²) in [6.45, 7) is 0. The van der Waals surface area contributed by atoms with E-state index in [1.165, 1.54) is 29.4 Å². The van der Waals surface area contributed by atoms with Crippen molar-refractivity contribution in [3.8, 4) is 11.4 Å². The lowest BCUT2D eigenvalue weighted by Gasteiger charge is -2.05. The number of aromatic nitrogens is 3. The average molecular weight is 285 g/mol. The molecule has 0 fully saturated rings. The smallest absolute Gasteiger partial charge is 0.272 e. The van der Waals surface area contributed by atoms with Crippen molar-refractivity contribution in [2.75, 3.05) is 0 Å². The number of aromatic hydroxyl groups is 1. The number of nitro benzene ring substituents is 1. The summed E-state index contributed by atoms with van der Waals surface area (Å²) in [4.78, 5) is 10.1. The Hall–Kier alpha value is -1.96. The Bertz CT molecular complexity index is 540. The summed E-state index contributed by atoms with van der Waals surface area (Å²) in [7, 11) is 0. The molecule has 0 radical (unpaired) electrons. The van der Waals surface area contributed by atoms with E-state index >= 15 is 0 Å².